The first kappa shape index (κ1) is 13.3. The lowest BCUT2D eigenvalue weighted by Gasteiger charge is -2.20. The molecule has 1 unspecified atom stereocenters. The van der Waals surface area contributed by atoms with Gasteiger partial charge in [-0.3, -0.25) is 10.1 Å². The first-order valence-corrected chi connectivity index (χ1v) is 5.38. The summed E-state index contributed by atoms with van der Waals surface area (Å²) in [6, 6.07) is 6.58. The van der Waals surface area contributed by atoms with E-state index < -0.39 is 4.92 Å². The van der Waals surface area contributed by atoms with Gasteiger partial charge in [0.25, 0.3) is 5.69 Å². The fraction of sp³-hybridized carbons (Fsp3) is 0.364. The second kappa shape index (κ2) is 5.51. The van der Waals surface area contributed by atoms with Crippen molar-refractivity contribution in [1.29, 1.82) is 5.26 Å². The minimum absolute atomic E-state index is 0.0508. The molecule has 0 saturated heterocycles. The Bertz CT molecular complexity index is 470. The molecule has 1 rings (SSSR count). The number of hydrogen-bond acceptors (Lipinski definition) is 4. The quantitative estimate of drug-likeness (QED) is 0.611. The predicted octanol–water partition coefficient (Wildman–Crippen LogP) is 2.84. The summed E-state index contributed by atoms with van der Waals surface area (Å²) < 4.78 is 0. The van der Waals surface area contributed by atoms with Gasteiger partial charge in [-0.2, -0.15) is 5.26 Å². The van der Waals surface area contributed by atoms with Crippen molar-refractivity contribution in [2.45, 2.75) is 6.92 Å². The molecule has 0 saturated carbocycles. The van der Waals surface area contributed by atoms with Crippen LogP contribution in [0.5, 0.6) is 0 Å². The molecular formula is C11H12ClN3O2. The van der Waals surface area contributed by atoms with Crippen molar-refractivity contribution in [1.82, 2.24) is 0 Å². The molecule has 0 aromatic heterocycles. The molecule has 0 amide bonds. The number of hydrogen-bond donors (Lipinski definition) is 0. The van der Waals surface area contributed by atoms with Crippen molar-refractivity contribution in [3.05, 3.63) is 33.3 Å². The molecule has 0 N–H and O–H groups in total. The number of rotatable bonds is 4. The third kappa shape index (κ3) is 3.33. The molecule has 0 radical (unpaired) electrons. The molecule has 0 fully saturated rings. The average molecular weight is 254 g/mol. The van der Waals surface area contributed by atoms with Crippen LogP contribution < -0.4 is 4.90 Å². The van der Waals surface area contributed by atoms with E-state index in [-0.39, 0.29) is 11.6 Å². The van der Waals surface area contributed by atoms with E-state index in [1.807, 2.05) is 0 Å². The molecule has 1 atom stereocenters. The van der Waals surface area contributed by atoms with Crippen molar-refractivity contribution in [3.8, 4) is 6.07 Å². The van der Waals surface area contributed by atoms with Crippen LogP contribution >= 0.6 is 11.6 Å². The van der Waals surface area contributed by atoms with Gasteiger partial charge in [-0.15, -0.1) is 0 Å². The maximum atomic E-state index is 10.9. The maximum absolute atomic E-state index is 10.9. The molecule has 0 spiro atoms. The molecule has 17 heavy (non-hydrogen) atoms. The standard InChI is InChI=1S/C11H12ClN3O2/c1-8(6-13)7-14(2)10-4-3-9(12)5-11(10)15(16)17/h3-5,8H,7H2,1-2H3. The summed E-state index contributed by atoms with van der Waals surface area (Å²) in [6.45, 7) is 2.19. The summed E-state index contributed by atoms with van der Waals surface area (Å²) in [4.78, 5) is 12.1. The molecule has 0 aliphatic carbocycles. The molecule has 0 bridgehead atoms. The maximum Gasteiger partial charge on any atom is 0.294 e. The van der Waals surface area contributed by atoms with E-state index in [0.717, 1.165) is 0 Å². The van der Waals surface area contributed by atoms with Crippen molar-refractivity contribution < 1.29 is 4.92 Å². The van der Waals surface area contributed by atoms with Gasteiger partial charge in [-0.1, -0.05) is 11.6 Å². The fourth-order valence-electron chi connectivity index (χ4n) is 1.52. The van der Waals surface area contributed by atoms with Crippen LogP contribution in [0.1, 0.15) is 6.92 Å². The molecule has 90 valence electrons. The van der Waals surface area contributed by atoms with Crippen LogP contribution in [0.3, 0.4) is 0 Å². The molecule has 0 aliphatic heterocycles. The zero-order valence-electron chi connectivity index (χ0n) is 9.55. The van der Waals surface area contributed by atoms with E-state index in [0.29, 0.717) is 17.3 Å². The Kier molecular flexibility index (Phi) is 4.30. The van der Waals surface area contributed by atoms with Crippen LogP contribution in [-0.2, 0) is 0 Å². The lowest BCUT2D eigenvalue weighted by Crippen LogP contribution is -2.23. The van der Waals surface area contributed by atoms with Gasteiger partial charge in [0.1, 0.15) is 5.69 Å². The second-order valence-corrected chi connectivity index (χ2v) is 4.24. The number of nitro benzene ring substituents is 1. The molecule has 1 aromatic rings. The van der Waals surface area contributed by atoms with Gasteiger partial charge in [0.15, 0.2) is 0 Å². The Morgan fingerprint density at radius 3 is 2.82 bits per heavy atom. The van der Waals surface area contributed by atoms with Gasteiger partial charge in [0.05, 0.1) is 16.9 Å². The minimum Gasteiger partial charge on any atom is -0.368 e. The first-order chi connectivity index (χ1) is 7.95. The van der Waals surface area contributed by atoms with Gasteiger partial charge >= 0.3 is 0 Å². The highest BCUT2D eigenvalue weighted by Crippen LogP contribution is 2.30. The van der Waals surface area contributed by atoms with Crippen LogP contribution in [0.15, 0.2) is 18.2 Å². The number of halogens is 1. The van der Waals surface area contributed by atoms with Crippen LogP contribution in [0, 0.1) is 27.4 Å². The topological polar surface area (TPSA) is 70.2 Å². The number of anilines is 1. The lowest BCUT2D eigenvalue weighted by molar-refractivity contribution is -0.384. The van der Waals surface area contributed by atoms with Crippen LogP contribution in [0.25, 0.3) is 0 Å². The first-order valence-electron chi connectivity index (χ1n) is 5.00. The van der Waals surface area contributed by atoms with Gasteiger partial charge in [-0.25, -0.2) is 0 Å². The summed E-state index contributed by atoms with van der Waals surface area (Å²) in [5.74, 6) is -0.199. The van der Waals surface area contributed by atoms with E-state index in [1.165, 1.54) is 6.07 Å². The summed E-state index contributed by atoms with van der Waals surface area (Å²) in [5.41, 5.74) is 0.409. The highest BCUT2D eigenvalue weighted by Gasteiger charge is 2.18. The van der Waals surface area contributed by atoms with Crippen molar-refractivity contribution in [3.63, 3.8) is 0 Å². The van der Waals surface area contributed by atoms with E-state index >= 15 is 0 Å². The molecule has 6 heteroatoms. The Hall–Kier alpha value is -1.80. The number of nitrogens with zero attached hydrogens (tertiary/aromatic N) is 3. The molecule has 0 aliphatic rings. The van der Waals surface area contributed by atoms with Crippen molar-refractivity contribution in [2.75, 3.05) is 18.5 Å². The minimum atomic E-state index is -0.477. The van der Waals surface area contributed by atoms with E-state index in [4.69, 9.17) is 16.9 Å². The monoisotopic (exact) mass is 253 g/mol. The Morgan fingerprint density at radius 1 is 1.65 bits per heavy atom. The zero-order chi connectivity index (χ0) is 13.0. The second-order valence-electron chi connectivity index (χ2n) is 3.80. The van der Waals surface area contributed by atoms with Crippen molar-refractivity contribution >= 4 is 23.0 Å². The lowest BCUT2D eigenvalue weighted by atomic mass is 10.2. The Labute approximate surface area is 104 Å². The Morgan fingerprint density at radius 2 is 2.29 bits per heavy atom. The van der Waals surface area contributed by atoms with Crippen LogP contribution in [0.4, 0.5) is 11.4 Å². The van der Waals surface area contributed by atoms with Gasteiger partial charge < -0.3 is 4.90 Å². The van der Waals surface area contributed by atoms with E-state index in [1.54, 1.807) is 31.0 Å². The average Bonchev–Trinajstić information content (AvgIpc) is 2.28. The molecule has 0 heterocycles. The van der Waals surface area contributed by atoms with E-state index in [9.17, 15) is 10.1 Å². The highest BCUT2D eigenvalue weighted by atomic mass is 35.5. The molecule has 1 aromatic carbocycles. The van der Waals surface area contributed by atoms with E-state index in [2.05, 4.69) is 6.07 Å². The van der Waals surface area contributed by atoms with Gasteiger partial charge in [0.2, 0.25) is 0 Å². The third-order valence-electron chi connectivity index (χ3n) is 2.31. The number of nitriles is 1. The predicted molar refractivity (Wildman–Crippen MR) is 66.2 cm³/mol. The normalized spacial score (nSPS) is 11.6. The summed E-state index contributed by atoms with van der Waals surface area (Å²) in [7, 11) is 1.71. The Balaban J connectivity index is 3.05. The third-order valence-corrected chi connectivity index (χ3v) is 2.55. The summed E-state index contributed by atoms with van der Waals surface area (Å²) in [5, 5.41) is 19.9. The van der Waals surface area contributed by atoms with Crippen LogP contribution in [0.2, 0.25) is 5.02 Å². The number of nitro groups is 1. The molecule has 5 nitrogen and oxygen atoms in total. The van der Waals surface area contributed by atoms with Gasteiger partial charge in [0, 0.05) is 24.7 Å². The smallest absolute Gasteiger partial charge is 0.294 e. The number of benzene rings is 1. The zero-order valence-corrected chi connectivity index (χ0v) is 10.3. The van der Waals surface area contributed by atoms with Crippen molar-refractivity contribution in [2.24, 2.45) is 5.92 Å². The molecular weight excluding hydrogens is 242 g/mol. The summed E-state index contributed by atoms with van der Waals surface area (Å²) >= 11 is 5.72. The highest BCUT2D eigenvalue weighted by molar-refractivity contribution is 6.30. The van der Waals surface area contributed by atoms with Crippen LogP contribution in [-0.4, -0.2) is 18.5 Å². The summed E-state index contributed by atoms with van der Waals surface area (Å²) in [6.07, 6.45) is 0. The largest absolute Gasteiger partial charge is 0.368 e. The fourth-order valence-corrected chi connectivity index (χ4v) is 1.68. The SMILES string of the molecule is CC(C#N)CN(C)c1ccc(Cl)cc1[N+](=O)[O-]. The van der Waals surface area contributed by atoms with Gasteiger partial charge in [-0.05, 0) is 19.1 Å².